The highest BCUT2D eigenvalue weighted by Crippen LogP contribution is 2.31. The van der Waals surface area contributed by atoms with Crippen molar-refractivity contribution < 1.29 is 4.92 Å². The Morgan fingerprint density at radius 3 is 2.67 bits per heavy atom. The van der Waals surface area contributed by atoms with Crippen LogP contribution in [0.25, 0.3) is 11.3 Å². The van der Waals surface area contributed by atoms with E-state index in [0.717, 1.165) is 5.56 Å². The van der Waals surface area contributed by atoms with Crippen molar-refractivity contribution in [3.63, 3.8) is 0 Å². The van der Waals surface area contributed by atoms with Gasteiger partial charge in [0.2, 0.25) is 5.95 Å². The number of nitro groups is 1. The minimum Gasteiger partial charge on any atom is -0.368 e. The summed E-state index contributed by atoms with van der Waals surface area (Å²) in [7, 11) is 0. The highest BCUT2D eigenvalue weighted by Gasteiger charge is 2.23. The maximum atomic E-state index is 11.1. The molecule has 2 heterocycles. The molecule has 0 amide bonds. The van der Waals surface area contributed by atoms with Crippen molar-refractivity contribution in [2.45, 2.75) is 13.8 Å². The van der Waals surface area contributed by atoms with Gasteiger partial charge >= 0.3 is 5.69 Å². The summed E-state index contributed by atoms with van der Waals surface area (Å²) in [5, 5.41) is 11.1. The molecular weight excluding hydrogens is 234 g/mol. The third-order valence-corrected chi connectivity index (χ3v) is 2.55. The van der Waals surface area contributed by atoms with Crippen LogP contribution in [0.5, 0.6) is 0 Å². The van der Waals surface area contributed by atoms with Gasteiger partial charge < -0.3 is 5.73 Å². The lowest BCUT2D eigenvalue weighted by molar-refractivity contribution is -0.385. The van der Waals surface area contributed by atoms with Gasteiger partial charge in [-0.3, -0.25) is 15.1 Å². The van der Waals surface area contributed by atoms with E-state index in [1.165, 1.54) is 13.1 Å². The Hall–Kier alpha value is -2.57. The third kappa shape index (κ3) is 1.97. The summed E-state index contributed by atoms with van der Waals surface area (Å²) >= 11 is 0. The first kappa shape index (κ1) is 11.9. The van der Waals surface area contributed by atoms with Gasteiger partial charge in [-0.1, -0.05) is 0 Å². The zero-order valence-electron chi connectivity index (χ0n) is 9.91. The first-order valence-electron chi connectivity index (χ1n) is 5.20. The van der Waals surface area contributed by atoms with Gasteiger partial charge in [-0.15, -0.1) is 0 Å². The largest absolute Gasteiger partial charge is 0.368 e. The number of nitrogen functional groups attached to an aromatic ring is 1. The fourth-order valence-corrected chi connectivity index (χ4v) is 1.71. The van der Waals surface area contributed by atoms with Crippen LogP contribution in [0, 0.1) is 24.0 Å². The van der Waals surface area contributed by atoms with Crippen LogP contribution >= 0.6 is 0 Å². The van der Waals surface area contributed by atoms with Gasteiger partial charge in [0.05, 0.1) is 4.92 Å². The van der Waals surface area contributed by atoms with Crippen molar-refractivity contribution >= 4 is 11.6 Å². The molecule has 18 heavy (non-hydrogen) atoms. The smallest absolute Gasteiger partial charge is 0.316 e. The maximum Gasteiger partial charge on any atom is 0.316 e. The highest BCUT2D eigenvalue weighted by atomic mass is 16.6. The van der Waals surface area contributed by atoms with Crippen LogP contribution in [0.4, 0.5) is 11.6 Å². The number of nitrogens with two attached hydrogens (primary N) is 1. The summed E-state index contributed by atoms with van der Waals surface area (Å²) in [6.07, 6.45) is 3.14. The van der Waals surface area contributed by atoms with E-state index in [-0.39, 0.29) is 23.0 Å². The molecule has 0 fully saturated rings. The number of anilines is 1. The van der Waals surface area contributed by atoms with Crippen LogP contribution in [0.1, 0.15) is 11.3 Å². The molecule has 7 nitrogen and oxygen atoms in total. The first-order chi connectivity index (χ1) is 8.50. The highest BCUT2D eigenvalue weighted by molar-refractivity contribution is 5.73. The number of pyridine rings is 1. The molecule has 2 N–H and O–H groups in total. The molecule has 0 spiro atoms. The predicted molar refractivity (Wildman–Crippen MR) is 65.8 cm³/mol. The maximum absolute atomic E-state index is 11.1. The summed E-state index contributed by atoms with van der Waals surface area (Å²) in [5.74, 6) is 0.0105. The molecule has 2 aromatic rings. The number of rotatable bonds is 2. The van der Waals surface area contributed by atoms with Crippen molar-refractivity contribution in [2.75, 3.05) is 5.73 Å². The molecule has 0 aliphatic heterocycles. The van der Waals surface area contributed by atoms with E-state index >= 15 is 0 Å². The Labute approximate surface area is 103 Å². The second-order valence-corrected chi connectivity index (χ2v) is 3.81. The van der Waals surface area contributed by atoms with Gasteiger partial charge in [0.15, 0.2) is 5.69 Å². The monoisotopic (exact) mass is 245 g/mol. The van der Waals surface area contributed by atoms with E-state index in [9.17, 15) is 10.1 Å². The summed E-state index contributed by atoms with van der Waals surface area (Å²) in [4.78, 5) is 22.3. The van der Waals surface area contributed by atoms with Gasteiger partial charge in [0.1, 0.15) is 5.69 Å². The first-order valence-corrected chi connectivity index (χ1v) is 5.20. The Bertz CT molecular complexity index is 627. The van der Waals surface area contributed by atoms with E-state index in [0.29, 0.717) is 5.56 Å². The molecule has 92 valence electrons. The lowest BCUT2D eigenvalue weighted by atomic mass is 10.1. The minimum atomic E-state index is -0.503. The zero-order chi connectivity index (χ0) is 13.3. The minimum absolute atomic E-state index is 0.0105. The molecular formula is C11H11N5O2. The Kier molecular flexibility index (Phi) is 2.88. The molecule has 0 saturated heterocycles. The number of hydrogen-bond acceptors (Lipinski definition) is 6. The average molecular weight is 245 g/mol. The Morgan fingerprint density at radius 1 is 1.33 bits per heavy atom. The predicted octanol–water partition coefficient (Wildman–Crippen LogP) is 1.65. The van der Waals surface area contributed by atoms with Crippen molar-refractivity contribution in [1.82, 2.24) is 15.0 Å². The summed E-state index contributed by atoms with van der Waals surface area (Å²) in [5.41, 5.74) is 7.28. The molecule has 0 unspecified atom stereocenters. The topological polar surface area (TPSA) is 108 Å². The number of hydrogen-bond donors (Lipinski definition) is 1. The van der Waals surface area contributed by atoms with Crippen molar-refractivity contribution in [3.05, 3.63) is 39.8 Å². The van der Waals surface area contributed by atoms with Gasteiger partial charge in [-0.2, -0.15) is 0 Å². The third-order valence-electron chi connectivity index (χ3n) is 2.55. The van der Waals surface area contributed by atoms with Crippen LogP contribution < -0.4 is 5.73 Å². The lowest BCUT2D eigenvalue weighted by Gasteiger charge is -2.07. The molecule has 0 radical (unpaired) electrons. The second kappa shape index (κ2) is 4.36. The molecule has 0 saturated carbocycles. The van der Waals surface area contributed by atoms with Crippen LogP contribution in [0.3, 0.4) is 0 Å². The SMILES string of the molecule is Cc1ccncc1-c1nc(N)nc(C)c1[N+](=O)[O-]. The van der Waals surface area contributed by atoms with Gasteiger partial charge in [-0.25, -0.2) is 9.97 Å². The summed E-state index contributed by atoms with van der Waals surface area (Å²) in [6.45, 7) is 3.36. The lowest BCUT2D eigenvalue weighted by Crippen LogP contribution is -2.05. The molecule has 0 aromatic carbocycles. The molecule has 0 bridgehead atoms. The second-order valence-electron chi connectivity index (χ2n) is 3.81. The van der Waals surface area contributed by atoms with E-state index in [2.05, 4.69) is 15.0 Å². The van der Waals surface area contributed by atoms with Gasteiger partial charge in [0, 0.05) is 18.0 Å². The number of aryl methyl sites for hydroxylation is 2. The zero-order valence-corrected chi connectivity index (χ0v) is 9.91. The molecule has 7 heteroatoms. The fourth-order valence-electron chi connectivity index (χ4n) is 1.71. The van der Waals surface area contributed by atoms with Gasteiger partial charge in [-0.05, 0) is 25.5 Å². The Morgan fingerprint density at radius 2 is 2.06 bits per heavy atom. The van der Waals surface area contributed by atoms with Crippen LogP contribution in [0.15, 0.2) is 18.5 Å². The molecule has 0 aliphatic carbocycles. The van der Waals surface area contributed by atoms with E-state index in [4.69, 9.17) is 5.73 Å². The molecule has 2 rings (SSSR count). The quantitative estimate of drug-likeness (QED) is 0.636. The van der Waals surface area contributed by atoms with Crippen molar-refractivity contribution in [1.29, 1.82) is 0 Å². The summed E-state index contributed by atoms with van der Waals surface area (Å²) < 4.78 is 0. The van der Waals surface area contributed by atoms with Crippen molar-refractivity contribution in [2.24, 2.45) is 0 Å². The molecule has 0 atom stereocenters. The normalized spacial score (nSPS) is 10.3. The Balaban J connectivity index is 2.78. The van der Waals surface area contributed by atoms with E-state index < -0.39 is 4.92 Å². The van der Waals surface area contributed by atoms with E-state index in [1.54, 1.807) is 12.3 Å². The summed E-state index contributed by atoms with van der Waals surface area (Å²) in [6, 6.07) is 1.76. The molecule has 0 aliphatic rings. The van der Waals surface area contributed by atoms with Crippen LogP contribution in [-0.4, -0.2) is 19.9 Å². The molecule has 2 aromatic heterocycles. The van der Waals surface area contributed by atoms with Crippen LogP contribution in [-0.2, 0) is 0 Å². The van der Waals surface area contributed by atoms with Gasteiger partial charge in [0.25, 0.3) is 0 Å². The van der Waals surface area contributed by atoms with Crippen LogP contribution in [0.2, 0.25) is 0 Å². The average Bonchev–Trinajstić information content (AvgIpc) is 2.27. The number of nitrogens with zero attached hydrogens (tertiary/aromatic N) is 4. The standard InChI is InChI=1S/C11H11N5O2/c1-6-3-4-13-5-8(6)9-10(16(17)18)7(2)14-11(12)15-9/h3-5H,1-2H3,(H2,12,14,15). The fraction of sp³-hybridized carbons (Fsp3) is 0.182. The number of aromatic nitrogens is 3. The van der Waals surface area contributed by atoms with E-state index in [1.807, 2.05) is 6.92 Å². The van der Waals surface area contributed by atoms with Crippen molar-refractivity contribution in [3.8, 4) is 11.3 Å².